The van der Waals surface area contributed by atoms with Crippen LogP contribution in [-0.4, -0.2) is 35.3 Å². The Morgan fingerprint density at radius 3 is 1.81 bits per heavy atom. The summed E-state index contributed by atoms with van der Waals surface area (Å²) in [6.45, 7) is 10.9. The number of carbonyl (C=O) groups is 2. The number of carbonyl (C=O) groups excluding carboxylic acids is 2. The largest absolute Gasteiger partial charge is 0.343 e. The average Bonchev–Trinajstić information content (AvgIpc) is 2.13. The normalized spacial score (nSPS) is 11.1. The minimum absolute atomic E-state index is 0.364. The van der Waals surface area contributed by atoms with Crippen molar-refractivity contribution in [2.24, 2.45) is 0 Å². The first-order valence-corrected chi connectivity index (χ1v) is 5.93. The zero-order valence-electron chi connectivity index (χ0n) is 11.1. The van der Waals surface area contributed by atoms with Crippen molar-refractivity contribution >= 4 is 11.8 Å². The van der Waals surface area contributed by atoms with Gasteiger partial charge in [-0.25, -0.2) is 0 Å². The first kappa shape index (κ1) is 14.9. The van der Waals surface area contributed by atoms with Gasteiger partial charge in [-0.3, -0.25) is 9.59 Å². The molecule has 94 valence electrons. The minimum Gasteiger partial charge on any atom is -0.343 e. The molecule has 0 saturated heterocycles. The van der Waals surface area contributed by atoms with Gasteiger partial charge in [0.25, 0.3) is 0 Å². The molecular weight excluding hydrogens is 204 g/mol. The van der Waals surface area contributed by atoms with E-state index in [0.29, 0.717) is 13.1 Å². The smallest absolute Gasteiger partial charge is 0.311 e. The van der Waals surface area contributed by atoms with Crippen LogP contribution in [0.4, 0.5) is 0 Å². The lowest BCUT2D eigenvalue weighted by Gasteiger charge is -2.24. The molecule has 0 aliphatic heterocycles. The zero-order valence-corrected chi connectivity index (χ0v) is 11.1. The molecule has 0 unspecified atom stereocenters. The molecule has 0 radical (unpaired) electrons. The lowest BCUT2D eigenvalue weighted by molar-refractivity contribution is -0.146. The Hall–Kier alpha value is -1.06. The van der Waals surface area contributed by atoms with Crippen molar-refractivity contribution in [1.82, 2.24) is 10.2 Å². The van der Waals surface area contributed by atoms with E-state index in [4.69, 9.17) is 0 Å². The molecule has 0 aromatic rings. The molecule has 0 saturated carbocycles. The first-order chi connectivity index (χ1) is 7.31. The Kier molecular flexibility index (Phi) is 6.08. The molecular formula is C12H24N2O2. The minimum atomic E-state index is -0.505. The maximum atomic E-state index is 11.8. The molecule has 4 nitrogen and oxygen atoms in total. The molecule has 0 fully saturated rings. The molecule has 16 heavy (non-hydrogen) atoms. The Labute approximate surface area is 98.4 Å². The molecule has 0 spiro atoms. The highest BCUT2D eigenvalue weighted by molar-refractivity contribution is 6.35. The number of nitrogens with one attached hydrogen (secondary N) is 1. The van der Waals surface area contributed by atoms with Crippen LogP contribution in [0.2, 0.25) is 0 Å². The average molecular weight is 228 g/mol. The van der Waals surface area contributed by atoms with Gasteiger partial charge in [0, 0.05) is 18.6 Å². The van der Waals surface area contributed by atoms with Crippen molar-refractivity contribution < 1.29 is 9.59 Å². The molecule has 0 heterocycles. The second-order valence-electron chi connectivity index (χ2n) is 5.00. The third-order valence-electron chi connectivity index (χ3n) is 1.96. The van der Waals surface area contributed by atoms with Crippen LogP contribution in [0.1, 0.15) is 47.5 Å². The van der Waals surface area contributed by atoms with Gasteiger partial charge in [-0.1, -0.05) is 13.8 Å². The Morgan fingerprint density at radius 1 is 1.06 bits per heavy atom. The Balaban J connectivity index is 4.43. The van der Waals surface area contributed by atoms with Gasteiger partial charge < -0.3 is 10.2 Å². The van der Waals surface area contributed by atoms with Crippen LogP contribution in [0.25, 0.3) is 0 Å². The maximum absolute atomic E-state index is 11.8. The van der Waals surface area contributed by atoms with Crippen molar-refractivity contribution in [3.63, 3.8) is 0 Å². The highest BCUT2D eigenvalue weighted by Crippen LogP contribution is 2.01. The number of rotatable bonds is 4. The van der Waals surface area contributed by atoms with E-state index in [1.807, 2.05) is 34.6 Å². The van der Waals surface area contributed by atoms with Gasteiger partial charge in [-0.2, -0.15) is 0 Å². The number of nitrogens with zero attached hydrogens (tertiary/aromatic N) is 1. The van der Waals surface area contributed by atoms with Gasteiger partial charge in [0.2, 0.25) is 0 Å². The van der Waals surface area contributed by atoms with E-state index in [9.17, 15) is 9.59 Å². The predicted octanol–water partition coefficient (Wildman–Crippen LogP) is 1.55. The lowest BCUT2D eigenvalue weighted by Crippen LogP contribution is -2.49. The van der Waals surface area contributed by atoms with E-state index >= 15 is 0 Å². The standard InChI is InChI=1S/C12H24N2O2/c1-6-8-14(9-7-2)11(16)10(15)13-12(3,4)5/h6-9H2,1-5H3,(H,13,15). The fourth-order valence-electron chi connectivity index (χ4n) is 1.39. The van der Waals surface area contributed by atoms with Crippen LogP contribution in [0.3, 0.4) is 0 Å². The molecule has 2 amide bonds. The first-order valence-electron chi connectivity index (χ1n) is 5.93. The highest BCUT2D eigenvalue weighted by Gasteiger charge is 2.24. The highest BCUT2D eigenvalue weighted by atomic mass is 16.2. The van der Waals surface area contributed by atoms with Crippen molar-refractivity contribution in [1.29, 1.82) is 0 Å². The molecule has 0 rings (SSSR count). The molecule has 0 aromatic carbocycles. The molecule has 0 atom stereocenters. The van der Waals surface area contributed by atoms with Crippen molar-refractivity contribution in [2.45, 2.75) is 53.0 Å². The molecule has 1 N–H and O–H groups in total. The van der Waals surface area contributed by atoms with Gasteiger partial charge in [0.1, 0.15) is 0 Å². The van der Waals surface area contributed by atoms with Crippen LogP contribution in [-0.2, 0) is 9.59 Å². The molecule has 0 aromatic heterocycles. The quantitative estimate of drug-likeness (QED) is 0.742. The van der Waals surface area contributed by atoms with E-state index in [-0.39, 0.29) is 5.54 Å². The Morgan fingerprint density at radius 2 is 1.50 bits per heavy atom. The summed E-state index contributed by atoms with van der Waals surface area (Å²) in [6, 6.07) is 0. The summed E-state index contributed by atoms with van der Waals surface area (Å²) in [5.41, 5.74) is -0.364. The fourth-order valence-corrected chi connectivity index (χ4v) is 1.39. The molecule has 0 bridgehead atoms. The summed E-state index contributed by atoms with van der Waals surface area (Å²) in [7, 11) is 0. The van der Waals surface area contributed by atoms with E-state index in [2.05, 4.69) is 5.32 Å². The summed E-state index contributed by atoms with van der Waals surface area (Å²) in [5, 5.41) is 2.69. The Bertz CT molecular complexity index is 238. The fraction of sp³-hybridized carbons (Fsp3) is 0.833. The van der Waals surface area contributed by atoms with Crippen molar-refractivity contribution in [2.75, 3.05) is 13.1 Å². The van der Waals surface area contributed by atoms with Crippen LogP contribution in [0.15, 0.2) is 0 Å². The second kappa shape index (κ2) is 6.51. The van der Waals surface area contributed by atoms with E-state index in [1.165, 1.54) is 0 Å². The number of hydrogen-bond donors (Lipinski definition) is 1. The third kappa shape index (κ3) is 5.73. The molecule has 0 aliphatic carbocycles. The van der Waals surface area contributed by atoms with Gasteiger partial charge in [-0.05, 0) is 33.6 Å². The van der Waals surface area contributed by atoms with Crippen molar-refractivity contribution in [3.8, 4) is 0 Å². The van der Waals surface area contributed by atoms with E-state index in [0.717, 1.165) is 12.8 Å². The zero-order chi connectivity index (χ0) is 12.8. The molecule has 4 heteroatoms. The summed E-state index contributed by atoms with van der Waals surface area (Å²) in [5.74, 6) is -0.923. The van der Waals surface area contributed by atoms with Gasteiger partial charge in [0.15, 0.2) is 0 Å². The number of amides is 2. The van der Waals surface area contributed by atoms with Crippen molar-refractivity contribution in [3.05, 3.63) is 0 Å². The SMILES string of the molecule is CCCN(CCC)C(=O)C(=O)NC(C)(C)C. The maximum Gasteiger partial charge on any atom is 0.311 e. The third-order valence-corrected chi connectivity index (χ3v) is 1.96. The van der Waals surface area contributed by atoms with Gasteiger partial charge in [-0.15, -0.1) is 0 Å². The second-order valence-corrected chi connectivity index (χ2v) is 5.00. The molecule has 0 aliphatic rings. The monoisotopic (exact) mass is 228 g/mol. The van der Waals surface area contributed by atoms with Crippen LogP contribution >= 0.6 is 0 Å². The summed E-state index contributed by atoms with van der Waals surface area (Å²) in [6.07, 6.45) is 1.74. The van der Waals surface area contributed by atoms with Gasteiger partial charge >= 0.3 is 11.8 Å². The van der Waals surface area contributed by atoms with Gasteiger partial charge in [0.05, 0.1) is 0 Å². The van der Waals surface area contributed by atoms with E-state index in [1.54, 1.807) is 4.90 Å². The summed E-state index contributed by atoms with van der Waals surface area (Å²) < 4.78 is 0. The summed E-state index contributed by atoms with van der Waals surface area (Å²) >= 11 is 0. The summed E-state index contributed by atoms with van der Waals surface area (Å²) in [4.78, 5) is 25.1. The lowest BCUT2D eigenvalue weighted by atomic mass is 10.1. The topological polar surface area (TPSA) is 49.4 Å². The predicted molar refractivity (Wildman–Crippen MR) is 65.1 cm³/mol. The van der Waals surface area contributed by atoms with Crippen LogP contribution in [0, 0.1) is 0 Å². The van der Waals surface area contributed by atoms with E-state index < -0.39 is 11.8 Å². The van der Waals surface area contributed by atoms with Crippen LogP contribution in [0.5, 0.6) is 0 Å². The number of hydrogen-bond acceptors (Lipinski definition) is 2. The van der Waals surface area contributed by atoms with Crippen LogP contribution < -0.4 is 5.32 Å².